The molecule has 8 nitrogen and oxygen atoms in total. The van der Waals surface area contributed by atoms with E-state index in [1.165, 1.54) is 53.7 Å². The zero-order chi connectivity index (χ0) is 19.3. The molecule has 0 aliphatic carbocycles. The molecule has 4 rings (SSSR count). The Morgan fingerprint density at radius 3 is 2.82 bits per heavy atom. The van der Waals surface area contributed by atoms with Gasteiger partial charge >= 0.3 is 0 Å². The predicted octanol–water partition coefficient (Wildman–Crippen LogP) is 2.87. The number of nitrogens with one attached hydrogen (secondary N) is 2. The van der Waals surface area contributed by atoms with Crippen molar-refractivity contribution in [2.24, 2.45) is 4.99 Å². The van der Waals surface area contributed by atoms with E-state index in [2.05, 4.69) is 35.5 Å². The van der Waals surface area contributed by atoms with Crippen LogP contribution in [0.4, 0.5) is 4.39 Å². The Balaban J connectivity index is 1.62. The van der Waals surface area contributed by atoms with E-state index in [0.29, 0.717) is 26.9 Å². The number of amidine groups is 1. The molecule has 0 spiro atoms. The van der Waals surface area contributed by atoms with Gasteiger partial charge in [-0.15, -0.1) is 10.2 Å². The number of aromatic amines is 1. The number of benzene rings is 1. The Kier molecular flexibility index (Phi) is 5.88. The average Bonchev–Trinajstić information content (AvgIpc) is 3.39. The van der Waals surface area contributed by atoms with Gasteiger partial charge in [0, 0.05) is 10.6 Å². The minimum absolute atomic E-state index is 0.161. The summed E-state index contributed by atoms with van der Waals surface area (Å²) in [5.74, 6) is 0.105. The molecule has 0 saturated heterocycles. The Bertz CT molecular complexity index is 1010. The molecule has 0 saturated carbocycles. The van der Waals surface area contributed by atoms with Crippen molar-refractivity contribution < 1.29 is 9.18 Å². The molecule has 1 aromatic carbocycles. The molecule has 3 heterocycles. The van der Waals surface area contributed by atoms with Crippen molar-refractivity contribution in [2.45, 2.75) is 20.1 Å². The molecule has 28 heavy (non-hydrogen) atoms. The van der Waals surface area contributed by atoms with Gasteiger partial charge in [-0.25, -0.2) is 14.4 Å². The van der Waals surface area contributed by atoms with Crippen LogP contribution in [-0.4, -0.2) is 48.5 Å². The fourth-order valence-corrected chi connectivity index (χ4v) is 4.36. The van der Waals surface area contributed by atoms with Crippen LogP contribution in [0, 0.1) is 5.82 Å². The molecule has 0 bridgehead atoms. The number of aromatic nitrogens is 5. The van der Waals surface area contributed by atoms with E-state index in [1.54, 1.807) is 18.3 Å². The third-order valence-corrected chi connectivity index (χ3v) is 6.05. The van der Waals surface area contributed by atoms with Gasteiger partial charge in [-0.3, -0.25) is 15.1 Å². The maximum atomic E-state index is 13.2. The Morgan fingerprint density at radius 1 is 1.25 bits per heavy atom. The molecule has 142 valence electrons. The van der Waals surface area contributed by atoms with E-state index in [0.717, 1.165) is 10.6 Å². The highest BCUT2D eigenvalue weighted by atomic mass is 32.2. The molecular weight excluding hydrogens is 421 g/mol. The standard InChI is InChI=1S/C16H12FN7OS3/c17-9-1-3-10(4-2-9)27-14-12(13(25)23-15-18-5-6-26-15)22-11(7-19-14)28-16-20-8-21-24-16/h1-4,7-8H,5-6H2,(H,18,23,25)(H,20,21,24). The van der Waals surface area contributed by atoms with Crippen molar-refractivity contribution in [3.63, 3.8) is 0 Å². The summed E-state index contributed by atoms with van der Waals surface area (Å²) in [5.41, 5.74) is 0.161. The Hall–Kier alpha value is -2.44. The smallest absolute Gasteiger partial charge is 0.278 e. The molecular formula is C16H12FN7OS3. The maximum Gasteiger partial charge on any atom is 0.278 e. The first-order valence-electron chi connectivity index (χ1n) is 8.00. The zero-order valence-corrected chi connectivity index (χ0v) is 16.6. The fraction of sp³-hybridized carbons (Fsp3) is 0.125. The Morgan fingerprint density at radius 2 is 2.11 bits per heavy atom. The lowest BCUT2D eigenvalue weighted by molar-refractivity contribution is 0.0968. The van der Waals surface area contributed by atoms with E-state index in [9.17, 15) is 9.18 Å². The minimum atomic E-state index is -0.398. The highest BCUT2D eigenvalue weighted by Gasteiger charge is 2.20. The van der Waals surface area contributed by atoms with Gasteiger partial charge < -0.3 is 4.98 Å². The highest BCUT2D eigenvalue weighted by Crippen LogP contribution is 2.30. The summed E-state index contributed by atoms with van der Waals surface area (Å²) in [6.45, 7) is 0.671. The van der Waals surface area contributed by atoms with Crippen LogP contribution in [0.15, 0.2) is 61.9 Å². The monoisotopic (exact) mass is 433 g/mol. The van der Waals surface area contributed by atoms with Crippen molar-refractivity contribution >= 4 is 46.4 Å². The summed E-state index contributed by atoms with van der Waals surface area (Å²) in [6, 6.07) is 5.95. The normalized spacial score (nSPS) is 13.4. The maximum absolute atomic E-state index is 13.2. The number of hydrogen-bond donors (Lipinski definition) is 2. The molecule has 3 aromatic rings. The molecule has 0 fully saturated rings. The predicted molar refractivity (Wildman–Crippen MR) is 105 cm³/mol. The topological polar surface area (TPSA) is 109 Å². The van der Waals surface area contributed by atoms with Crippen LogP contribution in [0.1, 0.15) is 10.5 Å². The first kappa shape index (κ1) is 18.9. The number of thioether (sulfide) groups is 1. The lowest BCUT2D eigenvalue weighted by atomic mass is 10.3. The molecule has 2 N–H and O–H groups in total. The second-order valence-electron chi connectivity index (χ2n) is 5.30. The van der Waals surface area contributed by atoms with Gasteiger partial charge in [-0.1, -0.05) is 23.5 Å². The summed E-state index contributed by atoms with van der Waals surface area (Å²) >= 11 is 3.92. The van der Waals surface area contributed by atoms with Gasteiger partial charge in [0.15, 0.2) is 16.0 Å². The number of aliphatic imine (C=N–C) groups is 1. The number of rotatable bonds is 5. The SMILES string of the molecule is O=C(NC1=NCCS1)c1nc(Sc2nnc[nH]2)cnc1Sc1ccc(F)cc1. The number of carbonyl (C=O) groups excluding carboxylic acids is 1. The quantitative estimate of drug-likeness (QED) is 0.632. The molecule has 0 radical (unpaired) electrons. The third-order valence-electron chi connectivity index (χ3n) is 3.36. The molecule has 1 amide bonds. The molecule has 1 aliphatic rings. The minimum Gasteiger partial charge on any atom is -0.322 e. The van der Waals surface area contributed by atoms with E-state index in [-0.39, 0.29) is 11.5 Å². The number of halogens is 1. The van der Waals surface area contributed by atoms with E-state index in [4.69, 9.17) is 0 Å². The van der Waals surface area contributed by atoms with Gasteiger partial charge in [-0.05, 0) is 36.0 Å². The summed E-state index contributed by atoms with van der Waals surface area (Å²) in [6.07, 6.45) is 3.01. The van der Waals surface area contributed by atoms with Crippen LogP contribution in [0.25, 0.3) is 0 Å². The van der Waals surface area contributed by atoms with Gasteiger partial charge in [0.05, 0.1) is 12.7 Å². The van der Waals surface area contributed by atoms with Crippen molar-refractivity contribution in [3.05, 3.63) is 48.3 Å². The largest absolute Gasteiger partial charge is 0.322 e. The van der Waals surface area contributed by atoms with Gasteiger partial charge in [0.25, 0.3) is 5.91 Å². The van der Waals surface area contributed by atoms with Gasteiger partial charge in [-0.2, -0.15) is 0 Å². The van der Waals surface area contributed by atoms with Crippen molar-refractivity contribution in [3.8, 4) is 0 Å². The number of nitrogens with zero attached hydrogens (tertiary/aromatic N) is 5. The van der Waals surface area contributed by atoms with Crippen molar-refractivity contribution in [2.75, 3.05) is 12.3 Å². The van der Waals surface area contributed by atoms with Crippen molar-refractivity contribution in [1.82, 2.24) is 30.5 Å². The first-order valence-corrected chi connectivity index (χ1v) is 10.6. The highest BCUT2D eigenvalue weighted by molar-refractivity contribution is 8.14. The molecule has 0 atom stereocenters. The zero-order valence-electron chi connectivity index (χ0n) is 14.1. The summed E-state index contributed by atoms with van der Waals surface area (Å²) < 4.78 is 13.2. The fourth-order valence-electron chi connectivity index (χ4n) is 2.16. The number of H-pyrrole nitrogens is 1. The molecule has 1 aliphatic heterocycles. The van der Waals surface area contributed by atoms with Crippen molar-refractivity contribution in [1.29, 1.82) is 0 Å². The average molecular weight is 434 g/mol. The Labute approximate surface area is 171 Å². The number of amides is 1. The first-order chi connectivity index (χ1) is 13.7. The molecule has 12 heteroatoms. The van der Waals surface area contributed by atoms with Gasteiger partial charge in [0.1, 0.15) is 22.2 Å². The summed E-state index contributed by atoms with van der Waals surface area (Å²) in [5, 5.41) is 12.4. The van der Waals surface area contributed by atoms with E-state index >= 15 is 0 Å². The third kappa shape index (κ3) is 4.69. The van der Waals surface area contributed by atoms with E-state index in [1.807, 2.05) is 0 Å². The lowest BCUT2D eigenvalue weighted by Gasteiger charge is -2.09. The van der Waals surface area contributed by atoms with Crippen LogP contribution < -0.4 is 5.32 Å². The van der Waals surface area contributed by atoms with Crippen LogP contribution in [-0.2, 0) is 0 Å². The number of hydrogen-bond acceptors (Lipinski definition) is 9. The molecule has 0 unspecified atom stereocenters. The summed E-state index contributed by atoms with van der Waals surface area (Å²) in [4.78, 5) is 29.5. The van der Waals surface area contributed by atoms with Crippen LogP contribution >= 0.6 is 35.3 Å². The van der Waals surface area contributed by atoms with Crippen LogP contribution in [0.2, 0.25) is 0 Å². The van der Waals surface area contributed by atoms with Gasteiger partial charge in [0.2, 0.25) is 0 Å². The lowest BCUT2D eigenvalue weighted by Crippen LogP contribution is -2.29. The second-order valence-corrected chi connectivity index (χ2v) is 8.46. The molecule has 2 aromatic heterocycles. The van der Waals surface area contributed by atoms with Crippen LogP contribution in [0.3, 0.4) is 0 Å². The number of carbonyl (C=O) groups is 1. The van der Waals surface area contributed by atoms with Crippen LogP contribution in [0.5, 0.6) is 0 Å². The second kappa shape index (κ2) is 8.71. The van der Waals surface area contributed by atoms with E-state index < -0.39 is 5.91 Å². The summed E-state index contributed by atoms with van der Waals surface area (Å²) in [7, 11) is 0.